The van der Waals surface area contributed by atoms with Gasteiger partial charge in [0.1, 0.15) is 25.1 Å². The average Bonchev–Trinajstić information content (AvgIpc) is 3.71. The first-order valence-corrected chi connectivity index (χ1v) is 14.8. The summed E-state index contributed by atoms with van der Waals surface area (Å²) < 4.78 is 14.4. The summed E-state index contributed by atoms with van der Waals surface area (Å²) in [6.45, 7) is 12.5. The zero-order valence-corrected chi connectivity index (χ0v) is 27.0. The number of benzene rings is 1. The highest BCUT2D eigenvalue weighted by Crippen LogP contribution is 2.33. The standard InChI is InChI=1S/C30H28FN9O.C2H6.2CH2O/c1-16(2)4-26(41)36-22-8-19(11-33-13-22)20-9-23-28(39-40-29(23)35-12-20)30-37-25-15-34-14-24(27(25)38-30)18-5-17(10-32-3)6-21(31)7-18;3*1-2/h5-9,11-16,32H,4,10H2,1-3H3,(H,36,41)(H,37,38)(H,35,39,40);1-2H3;2*1H2. The van der Waals surface area contributed by atoms with Crippen molar-refractivity contribution < 1.29 is 18.8 Å². The predicted octanol–water partition coefficient (Wildman–Crippen LogP) is 6.12. The number of hydrogen-bond donors (Lipinski definition) is 4. The smallest absolute Gasteiger partial charge is 0.224 e. The Morgan fingerprint density at radius 2 is 1.64 bits per heavy atom. The van der Waals surface area contributed by atoms with Crippen LogP contribution in [0.1, 0.15) is 39.7 Å². The number of anilines is 1. The molecular formula is C34H38FN9O3. The van der Waals surface area contributed by atoms with Crippen LogP contribution in [0.15, 0.2) is 61.3 Å². The van der Waals surface area contributed by atoms with E-state index in [4.69, 9.17) is 14.6 Å². The van der Waals surface area contributed by atoms with E-state index in [1.165, 1.54) is 12.1 Å². The fourth-order valence-corrected chi connectivity index (χ4v) is 4.86. The minimum atomic E-state index is -0.322. The number of aromatic nitrogens is 7. The second-order valence-corrected chi connectivity index (χ2v) is 10.3. The summed E-state index contributed by atoms with van der Waals surface area (Å²) in [4.78, 5) is 49.7. The van der Waals surface area contributed by atoms with Gasteiger partial charge in [-0.05, 0) is 54.4 Å². The topological polar surface area (TPSA) is 171 Å². The van der Waals surface area contributed by atoms with Crippen molar-refractivity contribution in [1.82, 2.24) is 40.4 Å². The molecule has 0 aliphatic rings. The van der Waals surface area contributed by atoms with Gasteiger partial charge in [-0.15, -0.1) is 0 Å². The lowest BCUT2D eigenvalue weighted by molar-refractivity contribution is -0.116. The largest absolute Gasteiger partial charge is 0.335 e. The number of pyridine rings is 3. The molecule has 1 aromatic carbocycles. The fraction of sp³-hybridized carbons (Fsp3) is 0.235. The Balaban J connectivity index is 0.000000947. The van der Waals surface area contributed by atoms with Crippen molar-refractivity contribution in [3.63, 3.8) is 0 Å². The third-order valence-corrected chi connectivity index (χ3v) is 6.64. The third-order valence-electron chi connectivity index (χ3n) is 6.64. The second kappa shape index (κ2) is 17.1. The number of nitrogens with one attached hydrogen (secondary N) is 4. The molecule has 0 bridgehead atoms. The van der Waals surface area contributed by atoms with Gasteiger partial charge in [0.25, 0.3) is 0 Å². The lowest BCUT2D eigenvalue weighted by Gasteiger charge is -2.08. The Kier molecular flexibility index (Phi) is 13.0. The van der Waals surface area contributed by atoms with Gasteiger partial charge in [0.05, 0.1) is 34.5 Å². The van der Waals surface area contributed by atoms with E-state index in [0.717, 1.165) is 22.1 Å². The molecule has 0 atom stereocenters. The minimum absolute atomic E-state index is 0.0557. The SMILES string of the molecule is C=O.C=O.CC.CNCc1cc(F)cc(-c2cncc3[nH]c(-c4[nH]nc5ncc(-c6cncc(NC(=O)CC(C)C)c6)cc45)nc23)c1. The number of nitrogens with zero attached hydrogens (tertiary/aromatic N) is 5. The number of rotatable bonds is 8. The van der Waals surface area contributed by atoms with Gasteiger partial charge >= 0.3 is 0 Å². The van der Waals surface area contributed by atoms with Crippen LogP contribution < -0.4 is 10.6 Å². The molecule has 5 heterocycles. The third kappa shape index (κ3) is 8.52. The number of aromatic amines is 2. The summed E-state index contributed by atoms with van der Waals surface area (Å²) >= 11 is 0. The van der Waals surface area contributed by atoms with E-state index >= 15 is 0 Å². The number of amides is 1. The van der Waals surface area contributed by atoms with Crippen LogP contribution in [0.25, 0.3) is 55.8 Å². The first-order valence-electron chi connectivity index (χ1n) is 14.8. The maximum atomic E-state index is 14.4. The van der Waals surface area contributed by atoms with Gasteiger partial charge in [-0.1, -0.05) is 27.7 Å². The van der Waals surface area contributed by atoms with E-state index in [9.17, 15) is 9.18 Å². The first-order chi connectivity index (χ1) is 22.9. The van der Waals surface area contributed by atoms with Crippen molar-refractivity contribution in [3.8, 4) is 33.8 Å². The van der Waals surface area contributed by atoms with E-state index in [1.54, 1.807) is 31.0 Å². The van der Waals surface area contributed by atoms with Crippen LogP contribution in [0.4, 0.5) is 10.1 Å². The van der Waals surface area contributed by atoms with E-state index in [1.807, 2.05) is 66.5 Å². The quantitative estimate of drug-likeness (QED) is 0.153. The van der Waals surface area contributed by atoms with Gasteiger partial charge in [0.2, 0.25) is 5.91 Å². The molecule has 13 heteroatoms. The highest BCUT2D eigenvalue weighted by molar-refractivity contribution is 5.97. The normalized spacial score (nSPS) is 10.4. The molecule has 244 valence electrons. The molecule has 5 aromatic heterocycles. The van der Waals surface area contributed by atoms with Crippen molar-refractivity contribution in [2.24, 2.45) is 5.92 Å². The van der Waals surface area contributed by atoms with Crippen molar-refractivity contribution in [3.05, 3.63) is 72.7 Å². The molecule has 6 aromatic rings. The molecule has 0 aliphatic carbocycles. The summed E-state index contributed by atoms with van der Waals surface area (Å²) in [5, 5.41) is 14.1. The number of H-pyrrole nitrogens is 2. The maximum Gasteiger partial charge on any atom is 0.224 e. The predicted molar refractivity (Wildman–Crippen MR) is 182 cm³/mol. The maximum absolute atomic E-state index is 14.4. The summed E-state index contributed by atoms with van der Waals surface area (Å²) in [5.74, 6) is 0.430. The van der Waals surface area contributed by atoms with Crippen molar-refractivity contribution in [2.75, 3.05) is 12.4 Å². The van der Waals surface area contributed by atoms with Gasteiger partial charge in [-0.2, -0.15) is 5.10 Å². The molecule has 1 amide bonds. The number of halogens is 1. The lowest BCUT2D eigenvalue weighted by Crippen LogP contribution is -2.13. The Morgan fingerprint density at radius 3 is 2.36 bits per heavy atom. The molecule has 6 rings (SSSR count). The highest BCUT2D eigenvalue weighted by Gasteiger charge is 2.17. The zero-order valence-electron chi connectivity index (χ0n) is 27.0. The Labute approximate surface area is 271 Å². The van der Waals surface area contributed by atoms with Crippen LogP contribution in [0, 0.1) is 11.7 Å². The molecule has 0 saturated carbocycles. The number of imidazole rings is 1. The van der Waals surface area contributed by atoms with Crippen molar-refractivity contribution >= 4 is 47.2 Å². The van der Waals surface area contributed by atoms with E-state index in [-0.39, 0.29) is 17.6 Å². The second-order valence-electron chi connectivity index (χ2n) is 10.3. The Morgan fingerprint density at radius 1 is 0.915 bits per heavy atom. The molecule has 4 N–H and O–H groups in total. The number of fused-ring (bicyclic) bond motifs is 2. The number of carbonyl (C=O) groups excluding carboxylic acids is 3. The van der Waals surface area contributed by atoms with Gasteiger partial charge in [-0.25, -0.2) is 14.4 Å². The zero-order chi connectivity index (χ0) is 34.5. The number of hydrogen-bond acceptors (Lipinski definition) is 9. The van der Waals surface area contributed by atoms with Gasteiger partial charge in [-0.3, -0.25) is 19.9 Å². The molecule has 0 saturated heterocycles. The van der Waals surface area contributed by atoms with Crippen LogP contribution in [-0.4, -0.2) is 61.7 Å². The van der Waals surface area contributed by atoms with Gasteiger partial charge in [0, 0.05) is 48.2 Å². The number of carbonyl (C=O) groups is 3. The minimum Gasteiger partial charge on any atom is -0.335 e. The summed E-state index contributed by atoms with van der Waals surface area (Å²) in [5.41, 5.74) is 7.01. The van der Waals surface area contributed by atoms with Crippen LogP contribution in [-0.2, 0) is 20.9 Å². The molecule has 0 aliphatic heterocycles. The monoisotopic (exact) mass is 639 g/mol. The fourth-order valence-electron chi connectivity index (χ4n) is 4.86. The molecular weight excluding hydrogens is 601 g/mol. The highest BCUT2D eigenvalue weighted by atomic mass is 19.1. The molecule has 0 unspecified atom stereocenters. The molecule has 0 spiro atoms. The van der Waals surface area contributed by atoms with Crippen LogP contribution in [0.5, 0.6) is 0 Å². The molecule has 0 radical (unpaired) electrons. The van der Waals surface area contributed by atoms with E-state index < -0.39 is 0 Å². The van der Waals surface area contributed by atoms with Crippen LogP contribution in [0.2, 0.25) is 0 Å². The first kappa shape index (κ1) is 35.8. The average molecular weight is 640 g/mol. The van der Waals surface area contributed by atoms with Crippen molar-refractivity contribution in [1.29, 1.82) is 0 Å². The van der Waals surface area contributed by atoms with E-state index in [2.05, 4.69) is 40.8 Å². The molecule has 47 heavy (non-hydrogen) atoms. The van der Waals surface area contributed by atoms with Crippen LogP contribution >= 0.6 is 0 Å². The van der Waals surface area contributed by atoms with Gasteiger partial charge in [0.15, 0.2) is 11.5 Å². The van der Waals surface area contributed by atoms with Crippen LogP contribution in [0.3, 0.4) is 0 Å². The molecule has 12 nitrogen and oxygen atoms in total. The summed E-state index contributed by atoms with van der Waals surface area (Å²) in [7, 11) is 1.82. The van der Waals surface area contributed by atoms with Crippen molar-refractivity contribution in [2.45, 2.75) is 40.7 Å². The lowest BCUT2D eigenvalue weighted by atomic mass is 10.0. The Bertz CT molecular complexity index is 1940. The Hall–Kier alpha value is -5.69. The summed E-state index contributed by atoms with van der Waals surface area (Å²) in [6.07, 6.45) is 8.88. The molecule has 0 fully saturated rings. The van der Waals surface area contributed by atoms with Gasteiger partial charge < -0.3 is 25.2 Å². The van der Waals surface area contributed by atoms with E-state index in [0.29, 0.717) is 58.0 Å². The summed E-state index contributed by atoms with van der Waals surface area (Å²) in [6, 6.07) is 8.75.